The minimum Gasteiger partial charge on any atom is -0.506 e. The molecule has 4 aromatic rings. The molecular formula is C22H19N3O3. The Bertz CT molecular complexity index is 1100. The highest BCUT2D eigenvalue weighted by molar-refractivity contribution is 6.05. The first-order chi connectivity index (χ1) is 13.6. The number of pyridine rings is 1. The van der Waals surface area contributed by atoms with Crippen molar-refractivity contribution in [3.05, 3.63) is 89.9 Å². The Kier molecular flexibility index (Phi) is 4.68. The van der Waals surface area contributed by atoms with Crippen LogP contribution in [0.3, 0.4) is 0 Å². The molecule has 4 rings (SSSR count). The third-order valence-corrected chi connectivity index (χ3v) is 4.32. The zero-order chi connectivity index (χ0) is 19.5. The summed E-state index contributed by atoms with van der Waals surface area (Å²) in [7, 11) is 0. The van der Waals surface area contributed by atoms with Gasteiger partial charge in [-0.05, 0) is 61.0 Å². The van der Waals surface area contributed by atoms with E-state index in [1.165, 1.54) is 0 Å². The maximum absolute atomic E-state index is 12.4. The number of ether oxygens (including phenoxy) is 1. The normalized spacial score (nSPS) is 10.8. The molecule has 0 atom stereocenters. The maximum atomic E-state index is 12.4. The number of phenols is 1. The van der Waals surface area contributed by atoms with Crippen molar-refractivity contribution >= 4 is 17.2 Å². The zero-order valence-corrected chi connectivity index (χ0v) is 15.3. The van der Waals surface area contributed by atoms with E-state index in [0.29, 0.717) is 23.6 Å². The number of aromatic hydroxyl groups is 1. The summed E-state index contributed by atoms with van der Waals surface area (Å²) in [5, 5.41) is 12.6. The van der Waals surface area contributed by atoms with Gasteiger partial charge in [-0.25, -0.2) is 4.98 Å². The van der Waals surface area contributed by atoms with Crippen molar-refractivity contribution in [1.29, 1.82) is 0 Å². The number of anilines is 1. The van der Waals surface area contributed by atoms with E-state index in [-0.39, 0.29) is 11.7 Å². The lowest BCUT2D eigenvalue weighted by Gasteiger charge is -2.09. The Morgan fingerprint density at radius 2 is 1.96 bits per heavy atom. The molecule has 140 valence electrons. The highest BCUT2D eigenvalue weighted by Gasteiger charge is 2.09. The van der Waals surface area contributed by atoms with Gasteiger partial charge in [0.25, 0.3) is 5.91 Å². The van der Waals surface area contributed by atoms with Gasteiger partial charge in [-0.15, -0.1) is 0 Å². The smallest absolute Gasteiger partial charge is 0.255 e. The number of phenolic OH excluding ortho intramolecular Hbond substituents is 1. The van der Waals surface area contributed by atoms with E-state index >= 15 is 0 Å². The molecule has 0 saturated heterocycles. The molecule has 0 unspecified atom stereocenters. The van der Waals surface area contributed by atoms with Crippen molar-refractivity contribution in [3.63, 3.8) is 0 Å². The molecule has 0 aliphatic carbocycles. The van der Waals surface area contributed by atoms with Gasteiger partial charge < -0.3 is 19.6 Å². The average Bonchev–Trinajstić information content (AvgIpc) is 3.12. The second kappa shape index (κ2) is 7.44. The van der Waals surface area contributed by atoms with Crippen LogP contribution in [-0.4, -0.2) is 20.4 Å². The summed E-state index contributed by atoms with van der Waals surface area (Å²) >= 11 is 0. The van der Waals surface area contributed by atoms with Gasteiger partial charge in [0.2, 0.25) is 0 Å². The topological polar surface area (TPSA) is 75.9 Å². The fraction of sp³-hybridized carbons (Fsp3) is 0.0909. The lowest BCUT2D eigenvalue weighted by atomic mass is 10.1. The van der Waals surface area contributed by atoms with Crippen LogP contribution in [0.25, 0.3) is 5.65 Å². The van der Waals surface area contributed by atoms with E-state index in [4.69, 9.17) is 4.74 Å². The van der Waals surface area contributed by atoms with Crippen LogP contribution in [-0.2, 0) is 6.61 Å². The molecule has 6 heteroatoms. The van der Waals surface area contributed by atoms with Gasteiger partial charge in [0.1, 0.15) is 23.8 Å². The fourth-order valence-corrected chi connectivity index (χ4v) is 2.86. The first-order valence-corrected chi connectivity index (χ1v) is 8.85. The van der Waals surface area contributed by atoms with Gasteiger partial charge in [-0.1, -0.05) is 12.1 Å². The molecule has 1 amide bonds. The van der Waals surface area contributed by atoms with E-state index in [0.717, 1.165) is 16.9 Å². The maximum Gasteiger partial charge on any atom is 0.255 e. The van der Waals surface area contributed by atoms with Crippen molar-refractivity contribution in [3.8, 4) is 11.5 Å². The summed E-state index contributed by atoms with van der Waals surface area (Å²) in [6, 6.07) is 17.8. The second-order valence-electron chi connectivity index (χ2n) is 6.49. The lowest BCUT2D eigenvalue weighted by molar-refractivity contribution is 0.102. The minimum atomic E-state index is -0.300. The Balaban J connectivity index is 1.39. The Morgan fingerprint density at radius 3 is 2.71 bits per heavy atom. The van der Waals surface area contributed by atoms with E-state index in [1.807, 2.05) is 48.0 Å². The van der Waals surface area contributed by atoms with Crippen LogP contribution in [0.1, 0.15) is 21.6 Å². The van der Waals surface area contributed by atoms with Gasteiger partial charge >= 0.3 is 0 Å². The number of amides is 1. The number of carbonyl (C=O) groups excluding carboxylic acids is 1. The molecular weight excluding hydrogens is 354 g/mol. The van der Waals surface area contributed by atoms with Crippen LogP contribution in [0.15, 0.2) is 73.1 Å². The van der Waals surface area contributed by atoms with Crippen LogP contribution in [0.5, 0.6) is 11.5 Å². The van der Waals surface area contributed by atoms with Crippen molar-refractivity contribution in [2.75, 3.05) is 5.32 Å². The van der Waals surface area contributed by atoms with Crippen molar-refractivity contribution in [2.45, 2.75) is 13.5 Å². The zero-order valence-electron chi connectivity index (χ0n) is 15.3. The molecule has 6 nitrogen and oxygen atoms in total. The quantitative estimate of drug-likeness (QED) is 0.515. The number of nitrogens with zero attached hydrogens (tertiary/aromatic N) is 2. The highest BCUT2D eigenvalue weighted by Crippen LogP contribution is 2.24. The largest absolute Gasteiger partial charge is 0.506 e. The van der Waals surface area contributed by atoms with Crippen molar-refractivity contribution in [2.24, 2.45) is 0 Å². The number of benzene rings is 2. The summed E-state index contributed by atoms with van der Waals surface area (Å²) in [6.45, 7) is 2.21. The Labute approximate surface area is 162 Å². The number of aromatic nitrogens is 2. The van der Waals surface area contributed by atoms with Gasteiger partial charge in [0.15, 0.2) is 0 Å². The highest BCUT2D eigenvalue weighted by atomic mass is 16.5. The van der Waals surface area contributed by atoms with Crippen LogP contribution in [0, 0.1) is 6.92 Å². The molecule has 0 spiro atoms. The van der Waals surface area contributed by atoms with E-state index < -0.39 is 0 Å². The van der Waals surface area contributed by atoms with Gasteiger partial charge in [0, 0.05) is 18.0 Å². The summed E-state index contributed by atoms with van der Waals surface area (Å²) in [5.41, 5.74) is 3.46. The summed E-state index contributed by atoms with van der Waals surface area (Å²) in [4.78, 5) is 16.9. The molecule has 2 aromatic heterocycles. The van der Waals surface area contributed by atoms with Gasteiger partial charge in [0.05, 0.1) is 11.4 Å². The lowest BCUT2D eigenvalue weighted by Crippen LogP contribution is -2.11. The molecule has 0 saturated carbocycles. The van der Waals surface area contributed by atoms with Crippen LogP contribution < -0.4 is 10.1 Å². The first-order valence-electron chi connectivity index (χ1n) is 8.85. The van der Waals surface area contributed by atoms with Crippen LogP contribution >= 0.6 is 0 Å². The summed E-state index contributed by atoms with van der Waals surface area (Å²) < 4.78 is 7.70. The first kappa shape index (κ1) is 17.6. The van der Waals surface area contributed by atoms with Crippen LogP contribution in [0.2, 0.25) is 0 Å². The predicted molar refractivity (Wildman–Crippen MR) is 107 cm³/mol. The number of nitrogens with one attached hydrogen (secondary N) is 1. The van der Waals surface area contributed by atoms with E-state index in [1.54, 1.807) is 36.4 Å². The average molecular weight is 373 g/mol. The Morgan fingerprint density at radius 1 is 1.14 bits per heavy atom. The Hall–Kier alpha value is -3.80. The molecule has 0 fully saturated rings. The molecule has 0 bridgehead atoms. The number of imidazole rings is 1. The molecule has 2 heterocycles. The van der Waals surface area contributed by atoms with Crippen LogP contribution in [0.4, 0.5) is 5.69 Å². The molecule has 0 radical (unpaired) electrons. The summed E-state index contributed by atoms with van der Waals surface area (Å²) in [5.74, 6) is 0.388. The van der Waals surface area contributed by atoms with Crippen molar-refractivity contribution in [1.82, 2.24) is 9.38 Å². The SMILES string of the molecule is Cc1ccc(NC(=O)c2ccc(OCc3cn4ccccc4n3)cc2)c(O)c1. The second-order valence-corrected chi connectivity index (χ2v) is 6.49. The molecule has 0 aliphatic heterocycles. The number of rotatable bonds is 5. The fourth-order valence-electron chi connectivity index (χ4n) is 2.86. The minimum absolute atomic E-state index is 0.0424. The van der Waals surface area contributed by atoms with E-state index in [2.05, 4.69) is 10.3 Å². The number of hydrogen-bond donors (Lipinski definition) is 2. The molecule has 28 heavy (non-hydrogen) atoms. The third-order valence-electron chi connectivity index (χ3n) is 4.32. The van der Waals surface area contributed by atoms with Gasteiger partial charge in [-0.3, -0.25) is 4.79 Å². The summed E-state index contributed by atoms with van der Waals surface area (Å²) in [6.07, 6.45) is 3.86. The molecule has 0 aliphatic rings. The molecule has 2 aromatic carbocycles. The third kappa shape index (κ3) is 3.81. The standard InChI is InChI=1S/C22H19N3O3/c1-15-5-10-19(20(26)12-15)24-22(27)16-6-8-18(9-7-16)28-14-17-13-25-11-3-2-4-21(25)23-17/h2-13,26H,14H2,1H3,(H,24,27). The van der Waals surface area contributed by atoms with E-state index in [9.17, 15) is 9.90 Å². The molecule has 2 N–H and O–H groups in total. The predicted octanol–water partition coefficient (Wildman–Crippen LogP) is 4.18. The number of fused-ring (bicyclic) bond motifs is 1. The van der Waals surface area contributed by atoms with Crippen molar-refractivity contribution < 1.29 is 14.6 Å². The monoisotopic (exact) mass is 373 g/mol. The number of aryl methyl sites for hydroxylation is 1. The number of carbonyl (C=O) groups is 1. The van der Waals surface area contributed by atoms with Gasteiger partial charge in [-0.2, -0.15) is 0 Å². The number of hydrogen-bond acceptors (Lipinski definition) is 4.